The van der Waals surface area contributed by atoms with Crippen LogP contribution in [-0.2, 0) is 16.3 Å². The summed E-state index contributed by atoms with van der Waals surface area (Å²) in [5.74, 6) is 1.72. The molecule has 0 saturated carbocycles. The Morgan fingerprint density at radius 2 is 2.04 bits per heavy atom. The Morgan fingerprint density at radius 1 is 1.27 bits per heavy atom. The summed E-state index contributed by atoms with van der Waals surface area (Å²) in [6.45, 7) is 6.11. The Labute approximate surface area is 155 Å². The van der Waals surface area contributed by atoms with Gasteiger partial charge in [0.05, 0.1) is 11.5 Å². The van der Waals surface area contributed by atoms with Crippen LogP contribution in [0.25, 0.3) is 0 Å². The Balaban J connectivity index is 1.89. The molecule has 0 amide bonds. The molecule has 26 heavy (non-hydrogen) atoms. The number of para-hydroxylation sites is 1. The van der Waals surface area contributed by atoms with Gasteiger partial charge in [-0.1, -0.05) is 25.1 Å². The van der Waals surface area contributed by atoms with Crippen LogP contribution in [0.5, 0.6) is 0 Å². The summed E-state index contributed by atoms with van der Waals surface area (Å²) < 4.78 is 23.6. The maximum atomic E-state index is 11.8. The molecule has 1 atom stereocenters. The van der Waals surface area contributed by atoms with Crippen LogP contribution in [0.4, 0.5) is 17.5 Å². The van der Waals surface area contributed by atoms with E-state index >= 15 is 0 Å². The van der Waals surface area contributed by atoms with Crippen LogP contribution in [0.2, 0.25) is 0 Å². The van der Waals surface area contributed by atoms with Crippen molar-refractivity contribution in [1.82, 2.24) is 9.97 Å². The minimum Gasteiger partial charge on any atom is -0.355 e. The smallest absolute Gasteiger partial charge is 0.229 e. The second kappa shape index (κ2) is 7.23. The molecule has 1 saturated heterocycles. The number of aromatic nitrogens is 2. The zero-order valence-electron chi connectivity index (χ0n) is 15.8. The van der Waals surface area contributed by atoms with Crippen LogP contribution < -0.4 is 10.2 Å². The highest BCUT2D eigenvalue weighted by Gasteiger charge is 2.31. The predicted molar refractivity (Wildman–Crippen MR) is 106 cm³/mol. The lowest BCUT2D eigenvalue weighted by Gasteiger charge is -2.25. The minimum atomic E-state index is -2.93. The van der Waals surface area contributed by atoms with Crippen molar-refractivity contribution >= 4 is 27.3 Å². The monoisotopic (exact) mass is 374 g/mol. The van der Waals surface area contributed by atoms with E-state index < -0.39 is 9.84 Å². The highest BCUT2D eigenvalue weighted by atomic mass is 32.2. The first-order valence-corrected chi connectivity index (χ1v) is 10.8. The van der Waals surface area contributed by atoms with E-state index in [-0.39, 0.29) is 17.5 Å². The molecule has 3 rings (SSSR count). The van der Waals surface area contributed by atoms with Crippen LogP contribution >= 0.6 is 0 Å². The Bertz CT molecular complexity index is 912. The van der Waals surface area contributed by atoms with Gasteiger partial charge < -0.3 is 10.2 Å². The van der Waals surface area contributed by atoms with E-state index in [1.807, 2.05) is 24.9 Å². The van der Waals surface area contributed by atoms with Crippen molar-refractivity contribution in [2.45, 2.75) is 39.7 Å². The molecule has 6 nitrogen and oxygen atoms in total. The Hall–Kier alpha value is -2.15. The first-order chi connectivity index (χ1) is 12.3. The molecule has 1 aromatic carbocycles. The number of sulfone groups is 1. The third-order valence-electron chi connectivity index (χ3n) is 4.93. The summed E-state index contributed by atoms with van der Waals surface area (Å²) >= 11 is 0. The summed E-state index contributed by atoms with van der Waals surface area (Å²) in [6, 6.07) is 8.08. The third kappa shape index (κ3) is 3.98. The van der Waals surface area contributed by atoms with E-state index in [4.69, 9.17) is 0 Å². The van der Waals surface area contributed by atoms with Crippen molar-refractivity contribution < 1.29 is 8.42 Å². The van der Waals surface area contributed by atoms with Gasteiger partial charge in [0, 0.05) is 30.5 Å². The topological polar surface area (TPSA) is 75.2 Å². The van der Waals surface area contributed by atoms with Gasteiger partial charge in [0.25, 0.3) is 0 Å². The standard InChI is InChI=1S/C19H26N4O2S/c1-5-15-8-6-7-13(2)18(15)22-19-20-14(3)11-17(21-19)23(4)16-9-10-26(24,25)12-16/h6-8,11,16H,5,9-10,12H2,1-4H3,(H,20,21,22). The highest BCUT2D eigenvalue weighted by Crippen LogP contribution is 2.26. The third-order valence-corrected chi connectivity index (χ3v) is 6.69. The normalized spacial score (nSPS) is 18.7. The number of hydrogen-bond donors (Lipinski definition) is 1. The number of benzene rings is 1. The molecular weight excluding hydrogens is 348 g/mol. The molecule has 1 fully saturated rings. The number of rotatable bonds is 5. The average molecular weight is 375 g/mol. The van der Waals surface area contributed by atoms with Crippen LogP contribution in [0, 0.1) is 13.8 Å². The molecule has 1 aliphatic heterocycles. The van der Waals surface area contributed by atoms with Gasteiger partial charge in [0.1, 0.15) is 5.82 Å². The zero-order chi connectivity index (χ0) is 18.9. The summed E-state index contributed by atoms with van der Waals surface area (Å²) in [5.41, 5.74) is 4.24. The van der Waals surface area contributed by atoms with E-state index in [9.17, 15) is 8.42 Å². The van der Waals surface area contributed by atoms with Gasteiger partial charge in [-0.05, 0) is 37.8 Å². The van der Waals surface area contributed by atoms with Crippen LogP contribution in [0.3, 0.4) is 0 Å². The molecule has 0 radical (unpaired) electrons. The van der Waals surface area contributed by atoms with Gasteiger partial charge in [-0.15, -0.1) is 0 Å². The van der Waals surface area contributed by atoms with Crippen molar-refractivity contribution in [3.63, 3.8) is 0 Å². The number of aryl methyl sites for hydroxylation is 3. The van der Waals surface area contributed by atoms with Crippen molar-refractivity contribution in [2.24, 2.45) is 0 Å². The second-order valence-electron chi connectivity index (χ2n) is 6.95. The van der Waals surface area contributed by atoms with Crippen LogP contribution in [-0.4, -0.2) is 43.0 Å². The number of hydrogen-bond acceptors (Lipinski definition) is 6. The molecule has 1 aromatic heterocycles. The zero-order valence-corrected chi connectivity index (χ0v) is 16.6. The first kappa shape index (κ1) is 18.6. The second-order valence-corrected chi connectivity index (χ2v) is 9.18. The van der Waals surface area contributed by atoms with Crippen molar-refractivity contribution in [2.75, 3.05) is 28.8 Å². The first-order valence-electron chi connectivity index (χ1n) is 8.93. The quantitative estimate of drug-likeness (QED) is 0.867. The van der Waals surface area contributed by atoms with Gasteiger partial charge >= 0.3 is 0 Å². The number of nitrogens with one attached hydrogen (secondary N) is 1. The molecular formula is C19H26N4O2S. The molecule has 0 spiro atoms. The van der Waals surface area contributed by atoms with Crippen LogP contribution in [0.1, 0.15) is 30.2 Å². The fraction of sp³-hybridized carbons (Fsp3) is 0.474. The minimum absolute atomic E-state index is 0.0354. The summed E-state index contributed by atoms with van der Waals surface area (Å²) in [7, 11) is -1.03. The highest BCUT2D eigenvalue weighted by molar-refractivity contribution is 7.91. The van der Waals surface area contributed by atoms with E-state index in [0.717, 1.165) is 29.2 Å². The molecule has 1 unspecified atom stereocenters. The number of nitrogens with zero attached hydrogens (tertiary/aromatic N) is 3. The van der Waals surface area contributed by atoms with E-state index in [1.165, 1.54) is 5.56 Å². The molecule has 0 bridgehead atoms. The van der Waals surface area contributed by atoms with Gasteiger partial charge in [-0.25, -0.2) is 13.4 Å². The van der Waals surface area contributed by atoms with Crippen molar-refractivity contribution in [3.8, 4) is 0 Å². The number of anilines is 3. The summed E-state index contributed by atoms with van der Waals surface area (Å²) in [4.78, 5) is 11.1. The Morgan fingerprint density at radius 3 is 2.69 bits per heavy atom. The lowest BCUT2D eigenvalue weighted by Crippen LogP contribution is -2.33. The molecule has 2 heterocycles. The fourth-order valence-electron chi connectivity index (χ4n) is 3.37. The Kier molecular flexibility index (Phi) is 5.18. The maximum absolute atomic E-state index is 11.8. The molecule has 2 aromatic rings. The van der Waals surface area contributed by atoms with Gasteiger partial charge in [-0.3, -0.25) is 0 Å². The predicted octanol–water partition coefficient (Wildman–Crippen LogP) is 3.02. The van der Waals surface area contributed by atoms with Crippen molar-refractivity contribution in [3.05, 3.63) is 41.1 Å². The lowest BCUT2D eigenvalue weighted by molar-refractivity contribution is 0.600. The van der Waals surface area contributed by atoms with E-state index in [1.54, 1.807) is 0 Å². The molecule has 1 aliphatic rings. The van der Waals surface area contributed by atoms with Gasteiger partial charge in [0.2, 0.25) is 5.95 Å². The van der Waals surface area contributed by atoms with E-state index in [0.29, 0.717) is 12.4 Å². The largest absolute Gasteiger partial charge is 0.355 e. The van der Waals surface area contributed by atoms with Gasteiger partial charge in [-0.2, -0.15) is 4.98 Å². The molecule has 7 heteroatoms. The summed E-state index contributed by atoms with van der Waals surface area (Å²) in [6.07, 6.45) is 1.56. The maximum Gasteiger partial charge on any atom is 0.229 e. The SMILES string of the molecule is CCc1cccc(C)c1Nc1nc(C)cc(N(C)C2CCS(=O)(=O)C2)n1. The van der Waals surface area contributed by atoms with E-state index in [2.05, 4.69) is 47.3 Å². The average Bonchev–Trinajstić information content (AvgIpc) is 2.95. The fourth-order valence-corrected chi connectivity index (χ4v) is 5.14. The van der Waals surface area contributed by atoms with Crippen molar-refractivity contribution in [1.29, 1.82) is 0 Å². The van der Waals surface area contributed by atoms with Crippen LogP contribution in [0.15, 0.2) is 24.3 Å². The molecule has 140 valence electrons. The molecule has 0 aliphatic carbocycles. The molecule has 1 N–H and O–H groups in total. The van der Waals surface area contributed by atoms with Gasteiger partial charge in [0.15, 0.2) is 9.84 Å². The lowest BCUT2D eigenvalue weighted by atomic mass is 10.1. The summed E-state index contributed by atoms with van der Waals surface area (Å²) in [5, 5.41) is 3.37.